The Balaban J connectivity index is 2.53. The number of unbranched alkanes of at least 4 members (excludes halogenated alkanes) is 1. The first-order chi connectivity index (χ1) is 6.36. The molecule has 0 spiro atoms. The van der Waals surface area contributed by atoms with E-state index in [1.165, 1.54) is 29.7 Å². The number of aryl methyl sites for hydroxylation is 1. The second kappa shape index (κ2) is 5.87. The Morgan fingerprint density at radius 1 is 1.31 bits per heavy atom. The molecule has 70 valence electrons. The average Bonchev–Trinajstić information content (AvgIpc) is 2.17. The lowest BCUT2D eigenvalue weighted by molar-refractivity contribution is 0.794. The highest BCUT2D eigenvalue weighted by atomic mass is 32.2. The summed E-state index contributed by atoms with van der Waals surface area (Å²) in [5.41, 5.74) is 1.44. The minimum atomic E-state index is 1.20. The molecule has 0 N–H and O–H groups in total. The number of thioether (sulfide) groups is 1. The number of benzene rings is 1. The molecule has 0 saturated carbocycles. The Morgan fingerprint density at radius 2 is 2.00 bits per heavy atom. The van der Waals surface area contributed by atoms with Crippen LogP contribution in [0.1, 0.15) is 25.3 Å². The van der Waals surface area contributed by atoms with Gasteiger partial charge in [0, 0.05) is 4.90 Å². The Morgan fingerprint density at radius 3 is 2.54 bits per heavy atom. The quantitative estimate of drug-likeness (QED) is 0.628. The summed E-state index contributed by atoms with van der Waals surface area (Å²) in [5, 5.41) is 1.86. The summed E-state index contributed by atoms with van der Waals surface area (Å²) < 4.78 is 0. The third kappa shape index (κ3) is 3.69. The fraction of sp³-hybridized carbons (Fsp3) is 0.333. The predicted octanol–water partition coefficient (Wildman–Crippen LogP) is 4.26. The third-order valence-corrected chi connectivity index (χ3v) is 2.67. The normalized spacial score (nSPS) is 9.92. The molecule has 0 bridgehead atoms. The maximum atomic E-state index is 3.69. The van der Waals surface area contributed by atoms with Crippen LogP contribution in [0.5, 0.6) is 0 Å². The van der Waals surface area contributed by atoms with Gasteiger partial charge >= 0.3 is 0 Å². The molecule has 1 aromatic carbocycles. The zero-order valence-corrected chi connectivity index (χ0v) is 8.94. The van der Waals surface area contributed by atoms with Gasteiger partial charge in [-0.25, -0.2) is 0 Å². The second-order valence-corrected chi connectivity index (χ2v) is 4.07. The van der Waals surface area contributed by atoms with Crippen LogP contribution in [0.2, 0.25) is 0 Å². The summed E-state index contributed by atoms with van der Waals surface area (Å²) in [6.07, 6.45) is 3.76. The molecule has 1 heteroatoms. The molecule has 0 aliphatic heterocycles. The molecule has 0 atom stereocenters. The van der Waals surface area contributed by atoms with Gasteiger partial charge in [-0.15, -0.1) is 0 Å². The number of hydrogen-bond acceptors (Lipinski definition) is 1. The van der Waals surface area contributed by atoms with Crippen LogP contribution in [0, 0.1) is 0 Å². The summed E-state index contributed by atoms with van der Waals surface area (Å²) in [6, 6.07) is 8.75. The van der Waals surface area contributed by atoms with E-state index >= 15 is 0 Å². The topological polar surface area (TPSA) is 0 Å². The van der Waals surface area contributed by atoms with Gasteiger partial charge in [0.05, 0.1) is 0 Å². The van der Waals surface area contributed by atoms with Crippen molar-refractivity contribution in [2.75, 3.05) is 0 Å². The first-order valence-electron chi connectivity index (χ1n) is 4.73. The van der Waals surface area contributed by atoms with Gasteiger partial charge in [-0.2, -0.15) is 0 Å². The summed E-state index contributed by atoms with van der Waals surface area (Å²) in [5.74, 6) is 0. The molecule has 0 aromatic heterocycles. The van der Waals surface area contributed by atoms with Crippen LogP contribution < -0.4 is 0 Å². The van der Waals surface area contributed by atoms with Crippen molar-refractivity contribution in [3.8, 4) is 0 Å². The first kappa shape index (κ1) is 10.4. The maximum Gasteiger partial charge on any atom is 0.0116 e. The summed E-state index contributed by atoms with van der Waals surface area (Å²) in [7, 11) is 0. The molecule has 0 aliphatic carbocycles. The van der Waals surface area contributed by atoms with Crippen molar-refractivity contribution in [1.82, 2.24) is 0 Å². The van der Waals surface area contributed by atoms with Gasteiger partial charge in [-0.05, 0) is 35.9 Å². The van der Waals surface area contributed by atoms with Crippen LogP contribution in [0.4, 0.5) is 0 Å². The minimum Gasteiger partial charge on any atom is -0.0987 e. The van der Waals surface area contributed by atoms with E-state index in [0.717, 1.165) is 0 Å². The van der Waals surface area contributed by atoms with Gasteiger partial charge in [0.25, 0.3) is 0 Å². The molecule has 1 aromatic rings. The van der Waals surface area contributed by atoms with Gasteiger partial charge in [0.2, 0.25) is 0 Å². The minimum absolute atomic E-state index is 1.20. The Bertz CT molecular complexity index is 248. The van der Waals surface area contributed by atoms with Crippen molar-refractivity contribution in [2.24, 2.45) is 0 Å². The SMILES string of the molecule is C=CSc1ccc(CCCC)cc1. The average molecular weight is 192 g/mol. The first-order valence-corrected chi connectivity index (χ1v) is 5.61. The second-order valence-electron chi connectivity index (χ2n) is 3.03. The standard InChI is InChI=1S/C12H16S/c1-3-5-6-11-7-9-12(10-8-11)13-4-2/h4,7-10H,2-3,5-6H2,1H3. The van der Waals surface area contributed by atoms with E-state index in [1.807, 2.05) is 5.41 Å². The molecule has 0 fully saturated rings. The molecular formula is C12H16S. The molecule has 0 amide bonds. The molecule has 0 unspecified atom stereocenters. The van der Waals surface area contributed by atoms with Gasteiger partial charge in [0.15, 0.2) is 0 Å². The van der Waals surface area contributed by atoms with Crippen LogP contribution in [-0.2, 0) is 6.42 Å². The zero-order chi connectivity index (χ0) is 9.52. The summed E-state index contributed by atoms with van der Waals surface area (Å²) in [6.45, 7) is 5.92. The van der Waals surface area contributed by atoms with E-state index < -0.39 is 0 Å². The fourth-order valence-electron chi connectivity index (χ4n) is 1.21. The van der Waals surface area contributed by atoms with Gasteiger partial charge in [-0.3, -0.25) is 0 Å². The largest absolute Gasteiger partial charge is 0.0987 e. The summed E-state index contributed by atoms with van der Waals surface area (Å²) >= 11 is 1.67. The van der Waals surface area contributed by atoms with E-state index in [1.54, 1.807) is 11.8 Å². The lowest BCUT2D eigenvalue weighted by Gasteiger charge is -2.00. The van der Waals surface area contributed by atoms with Crippen molar-refractivity contribution >= 4 is 11.8 Å². The molecule has 0 saturated heterocycles. The fourth-order valence-corrected chi connectivity index (χ4v) is 1.70. The molecule has 0 nitrogen and oxygen atoms in total. The van der Waals surface area contributed by atoms with Crippen LogP contribution in [0.25, 0.3) is 0 Å². The van der Waals surface area contributed by atoms with E-state index in [9.17, 15) is 0 Å². The zero-order valence-electron chi connectivity index (χ0n) is 8.12. The van der Waals surface area contributed by atoms with Gasteiger partial charge in [0.1, 0.15) is 0 Å². The van der Waals surface area contributed by atoms with Crippen molar-refractivity contribution < 1.29 is 0 Å². The van der Waals surface area contributed by atoms with Crippen LogP contribution in [0.15, 0.2) is 41.1 Å². The van der Waals surface area contributed by atoms with Crippen molar-refractivity contribution in [3.05, 3.63) is 41.8 Å². The molecule has 0 aliphatic rings. The molecule has 0 radical (unpaired) electrons. The van der Waals surface area contributed by atoms with E-state index in [-0.39, 0.29) is 0 Å². The third-order valence-electron chi connectivity index (χ3n) is 1.96. The van der Waals surface area contributed by atoms with E-state index in [0.29, 0.717) is 0 Å². The lowest BCUT2D eigenvalue weighted by Crippen LogP contribution is -1.83. The maximum absolute atomic E-state index is 3.69. The summed E-state index contributed by atoms with van der Waals surface area (Å²) in [4.78, 5) is 1.27. The smallest absolute Gasteiger partial charge is 0.0116 e. The van der Waals surface area contributed by atoms with Gasteiger partial charge in [-0.1, -0.05) is 43.8 Å². The molecule has 0 heterocycles. The van der Waals surface area contributed by atoms with E-state index in [2.05, 4.69) is 37.8 Å². The Labute approximate surface area is 85.1 Å². The molecule has 13 heavy (non-hydrogen) atoms. The van der Waals surface area contributed by atoms with Crippen molar-refractivity contribution in [3.63, 3.8) is 0 Å². The van der Waals surface area contributed by atoms with Crippen molar-refractivity contribution in [2.45, 2.75) is 31.1 Å². The Kier molecular flexibility index (Phi) is 4.69. The van der Waals surface area contributed by atoms with Crippen LogP contribution in [0.3, 0.4) is 0 Å². The lowest BCUT2D eigenvalue weighted by atomic mass is 10.1. The molecule has 1 rings (SSSR count). The Hall–Kier alpha value is -0.690. The monoisotopic (exact) mass is 192 g/mol. The molecular weight excluding hydrogens is 176 g/mol. The van der Waals surface area contributed by atoms with Crippen LogP contribution >= 0.6 is 11.8 Å². The number of hydrogen-bond donors (Lipinski definition) is 0. The highest BCUT2D eigenvalue weighted by Crippen LogP contribution is 2.19. The van der Waals surface area contributed by atoms with E-state index in [4.69, 9.17) is 0 Å². The van der Waals surface area contributed by atoms with Gasteiger partial charge < -0.3 is 0 Å². The predicted molar refractivity (Wildman–Crippen MR) is 61.1 cm³/mol. The highest BCUT2D eigenvalue weighted by molar-refractivity contribution is 8.02. The highest BCUT2D eigenvalue weighted by Gasteiger charge is 1.93. The van der Waals surface area contributed by atoms with Crippen molar-refractivity contribution in [1.29, 1.82) is 0 Å². The number of rotatable bonds is 5. The van der Waals surface area contributed by atoms with Crippen LogP contribution in [-0.4, -0.2) is 0 Å².